The van der Waals surface area contributed by atoms with E-state index in [0.717, 1.165) is 11.4 Å². The molecule has 7 nitrogen and oxygen atoms in total. The fourth-order valence-corrected chi connectivity index (χ4v) is 5.96. The molecule has 162 valence electrons. The van der Waals surface area contributed by atoms with Crippen LogP contribution in [0.5, 0.6) is 5.75 Å². The second kappa shape index (κ2) is 9.36. The second-order valence-electron chi connectivity index (χ2n) is 7.68. The number of aromatic nitrogens is 1. The summed E-state index contributed by atoms with van der Waals surface area (Å²) in [6.07, 6.45) is 4.49. The Bertz CT molecular complexity index is 999. The normalized spacial score (nSPS) is 20.0. The molecule has 2 heterocycles. The number of amides is 1. The van der Waals surface area contributed by atoms with Gasteiger partial charge in [-0.15, -0.1) is 11.8 Å². The molecule has 1 aliphatic rings. The molecule has 1 fully saturated rings. The van der Waals surface area contributed by atoms with Crippen molar-refractivity contribution in [2.24, 2.45) is 11.8 Å². The standard InChI is InChI=1S/C21H27N3O4S2/c1-14-9-15(2)13-24(12-14)30(26,27)19-10-16(5-7-18(19)28-3)21(25)23-17-6-8-20(29-4)22-11-17/h5-8,10-11,14-15H,9,12-13H2,1-4H3,(H,23,25). The van der Waals surface area contributed by atoms with Gasteiger partial charge in [0.05, 0.1) is 24.0 Å². The number of thioether (sulfide) groups is 1. The average Bonchev–Trinajstić information content (AvgIpc) is 2.73. The van der Waals surface area contributed by atoms with Crippen molar-refractivity contribution in [2.75, 3.05) is 31.8 Å². The molecular weight excluding hydrogens is 422 g/mol. The van der Waals surface area contributed by atoms with Crippen molar-refractivity contribution < 1.29 is 17.9 Å². The molecule has 30 heavy (non-hydrogen) atoms. The predicted octanol–water partition coefficient (Wildman–Crippen LogP) is 3.73. The summed E-state index contributed by atoms with van der Waals surface area (Å²) in [5, 5.41) is 3.60. The van der Waals surface area contributed by atoms with Crippen LogP contribution in [0.25, 0.3) is 0 Å². The Hall–Kier alpha value is -2.10. The van der Waals surface area contributed by atoms with E-state index in [4.69, 9.17) is 4.74 Å². The highest BCUT2D eigenvalue weighted by Gasteiger charge is 2.34. The van der Waals surface area contributed by atoms with Crippen LogP contribution in [-0.2, 0) is 10.0 Å². The van der Waals surface area contributed by atoms with E-state index < -0.39 is 15.9 Å². The maximum absolute atomic E-state index is 13.4. The van der Waals surface area contributed by atoms with Gasteiger partial charge in [0.2, 0.25) is 10.0 Å². The molecule has 0 radical (unpaired) electrons. The molecule has 2 aromatic rings. The molecule has 1 saturated heterocycles. The molecule has 1 aromatic carbocycles. The Kier molecular flexibility index (Phi) is 7.05. The molecule has 9 heteroatoms. The minimum absolute atomic E-state index is 0.00908. The third-order valence-corrected chi connectivity index (χ3v) is 7.59. The first-order chi connectivity index (χ1) is 14.2. The number of carbonyl (C=O) groups is 1. The van der Waals surface area contributed by atoms with Crippen molar-refractivity contribution in [1.29, 1.82) is 0 Å². The van der Waals surface area contributed by atoms with E-state index in [1.807, 2.05) is 12.3 Å². The molecule has 1 aliphatic heterocycles. The molecule has 1 amide bonds. The number of hydrogen-bond acceptors (Lipinski definition) is 6. The van der Waals surface area contributed by atoms with Crippen LogP contribution < -0.4 is 10.1 Å². The zero-order valence-corrected chi connectivity index (χ0v) is 19.2. The molecule has 0 aliphatic carbocycles. The number of methoxy groups -OCH3 is 1. The van der Waals surface area contributed by atoms with Gasteiger partial charge in [-0.05, 0) is 54.8 Å². The highest BCUT2D eigenvalue weighted by atomic mass is 32.2. The fourth-order valence-electron chi connectivity index (χ4n) is 3.74. The zero-order valence-electron chi connectivity index (χ0n) is 17.6. The molecule has 3 rings (SSSR count). The fraction of sp³-hybridized carbons (Fsp3) is 0.429. The third-order valence-electron chi connectivity index (χ3n) is 5.08. The highest BCUT2D eigenvalue weighted by Crippen LogP contribution is 2.32. The quantitative estimate of drug-likeness (QED) is 0.676. The first-order valence-corrected chi connectivity index (χ1v) is 12.4. The van der Waals surface area contributed by atoms with Gasteiger partial charge in [-0.1, -0.05) is 13.8 Å². The third kappa shape index (κ3) is 4.96. The summed E-state index contributed by atoms with van der Waals surface area (Å²) in [6, 6.07) is 8.03. The van der Waals surface area contributed by atoms with E-state index in [1.54, 1.807) is 18.3 Å². The number of sulfonamides is 1. The summed E-state index contributed by atoms with van der Waals surface area (Å²) in [7, 11) is -2.37. The highest BCUT2D eigenvalue weighted by molar-refractivity contribution is 7.98. The molecule has 2 unspecified atom stereocenters. The van der Waals surface area contributed by atoms with Crippen molar-refractivity contribution in [3.8, 4) is 5.75 Å². The summed E-state index contributed by atoms with van der Waals surface area (Å²) in [6.45, 7) is 5.02. The number of nitrogens with one attached hydrogen (secondary N) is 1. The predicted molar refractivity (Wildman–Crippen MR) is 119 cm³/mol. The first kappa shape index (κ1) is 22.6. The van der Waals surface area contributed by atoms with Crippen molar-refractivity contribution in [2.45, 2.75) is 30.2 Å². The van der Waals surface area contributed by atoms with Crippen LogP contribution in [0.4, 0.5) is 5.69 Å². The Morgan fingerprint density at radius 2 is 1.90 bits per heavy atom. The lowest BCUT2D eigenvalue weighted by Crippen LogP contribution is -2.42. The average molecular weight is 450 g/mol. The monoisotopic (exact) mass is 449 g/mol. The summed E-state index contributed by atoms with van der Waals surface area (Å²) in [4.78, 5) is 17.0. The van der Waals surface area contributed by atoms with Gasteiger partial charge in [0, 0.05) is 18.7 Å². The van der Waals surface area contributed by atoms with Gasteiger partial charge >= 0.3 is 0 Å². The van der Waals surface area contributed by atoms with Crippen molar-refractivity contribution in [3.63, 3.8) is 0 Å². The first-order valence-electron chi connectivity index (χ1n) is 9.74. The van der Waals surface area contributed by atoms with Crippen molar-refractivity contribution >= 4 is 33.4 Å². The number of carbonyl (C=O) groups excluding carboxylic acids is 1. The smallest absolute Gasteiger partial charge is 0.255 e. The maximum atomic E-state index is 13.4. The number of hydrogen-bond donors (Lipinski definition) is 1. The summed E-state index contributed by atoms with van der Waals surface area (Å²) in [5.41, 5.74) is 0.776. The number of nitrogens with zero attached hydrogens (tertiary/aromatic N) is 2. The van der Waals surface area contributed by atoms with E-state index in [2.05, 4.69) is 24.1 Å². The Morgan fingerprint density at radius 3 is 2.47 bits per heavy atom. The van der Waals surface area contributed by atoms with E-state index >= 15 is 0 Å². The van der Waals surface area contributed by atoms with Crippen LogP contribution in [0.1, 0.15) is 30.6 Å². The maximum Gasteiger partial charge on any atom is 0.255 e. The Morgan fingerprint density at radius 1 is 1.20 bits per heavy atom. The van der Waals surface area contributed by atoms with Crippen molar-refractivity contribution in [3.05, 3.63) is 42.1 Å². The number of ether oxygens (including phenoxy) is 1. The zero-order chi connectivity index (χ0) is 21.9. The molecule has 1 N–H and O–H groups in total. The number of anilines is 1. The van der Waals surface area contributed by atoms with Crippen LogP contribution in [0, 0.1) is 11.8 Å². The van der Waals surface area contributed by atoms with Gasteiger partial charge in [-0.3, -0.25) is 4.79 Å². The topological polar surface area (TPSA) is 88.6 Å². The van der Waals surface area contributed by atoms with E-state index in [1.165, 1.54) is 35.3 Å². The SMILES string of the molecule is COc1ccc(C(=O)Nc2ccc(SC)nc2)cc1S(=O)(=O)N1CC(C)CC(C)C1. The second-order valence-corrected chi connectivity index (χ2v) is 10.4. The van der Waals surface area contributed by atoms with E-state index in [0.29, 0.717) is 18.8 Å². The Balaban J connectivity index is 1.89. The van der Waals surface area contributed by atoms with Crippen LogP contribution in [0.3, 0.4) is 0 Å². The van der Waals surface area contributed by atoms with Gasteiger partial charge < -0.3 is 10.1 Å². The van der Waals surface area contributed by atoms with E-state index in [9.17, 15) is 13.2 Å². The minimum atomic E-state index is -3.80. The van der Waals surface area contributed by atoms with E-state index in [-0.39, 0.29) is 28.0 Å². The summed E-state index contributed by atoms with van der Waals surface area (Å²) < 4.78 is 33.5. The minimum Gasteiger partial charge on any atom is -0.495 e. The molecule has 1 aromatic heterocycles. The van der Waals surface area contributed by atoms with Gasteiger partial charge in [-0.2, -0.15) is 4.31 Å². The van der Waals surface area contributed by atoms with Crippen molar-refractivity contribution in [1.82, 2.24) is 9.29 Å². The summed E-state index contributed by atoms with van der Waals surface area (Å²) >= 11 is 1.51. The lowest BCUT2D eigenvalue weighted by molar-refractivity contribution is 0.102. The largest absolute Gasteiger partial charge is 0.495 e. The number of pyridine rings is 1. The van der Waals surface area contributed by atoms with Gasteiger partial charge in [0.25, 0.3) is 5.91 Å². The van der Waals surface area contributed by atoms with Crippen LogP contribution >= 0.6 is 11.8 Å². The van der Waals surface area contributed by atoms with Crippen LogP contribution in [0.15, 0.2) is 46.5 Å². The molecule has 2 atom stereocenters. The van der Waals surface area contributed by atoms with Gasteiger partial charge in [0.1, 0.15) is 10.6 Å². The summed E-state index contributed by atoms with van der Waals surface area (Å²) in [5.74, 6) is 0.368. The molecule has 0 spiro atoms. The number of benzene rings is 1. The van der Waals surface area contributed by atoms with Crippen LogP contribution in [0.2, 0.25) is 0 Å². The van der Waals surface area contributed by atoms with Gasteiger partial charge in [0.15, 0.2) is 0 Å². The lowest BCUT2D eigenvalue weighted by Gasteiger charge is -2.34. The molecular formula is C21H27N3O4S2. The number of piperidine rings is 1. The Labute approximate surface area is 182 Å². The van der Waals surface area contributed by atoms with Crippen LogP contribution in [-0.4, -0.2) is 50.1 Å². The molecule has 0 saturated carbocycles. The van der Waals surface area contributed by atoms with Gasteiger partial charge in [-0.25, -0.2) is 13.4 Å². The number of rotatable bonds is 6. The lowest BCUT2D eigenvalue weighted by atomic mass is 9.94. The molecule has 0 bridgehead atoms.